The Morgan fingerprint density at radius 3 is 2.55 bits per heavy atom. The number of benzene rings is 3. The second kappa shape index (κ2) is 9.12. The molecule has 4 aromatic rings. The first kappa shape index (κ1) is 22.0. The Kier molecular flexibility index (Phi) is 6.08. The molecular formula is C25H23N3O5. The molecule has 3 aromatic carbocycles. The monoisotopic (exact) mass is 445 g/mol. The summed E-state index contributed by atoms with van der Waals surface area (Å²) in [4.78, 5) is 27.9. The fourth-order valence-corrected chi connectivity index (χ4v) is 3.41. The van der Waals surface area contributed by atoms with E-state index < -0.39 is 10.8 Å². The number of nitrogens with zero attached hydrogens (tertiary/aromatic N) is 2. The molecule has 0 saturated heterocycles. The zero-order chi connectivity index (χ0) is 23.5. The minimum absolute atomic E-state index is 0.127. The third-order valence-electron chi connectivity index (χ3n) is 5.19. The Morgan fingerprint density at radius 1 is 1.12 bits per heavy atom. The third kappa shape index (κ3) is 4.69. The lowest BCUT2D eigenvalue weighted by Crippen LogP contribution is -2.12. The quantitative estimate of drug-likeness (QED) is 0.269. The Labute approximate surface area is 190 Å². The Bertz CT molecular complexity index is 1330. The average Bonchev–Trinajstić information content (AvgIpc) is 3.23. The highest BCUT2D eigenvalue weighted by molar-refractivity contribution is 6.05. The van der Waals surface area contributed by atoms with Gasteiger partial charge in [0.25, 0.3) is 5.91 Å². The molecule has 1 heterocycles. The number of aromatic nitrogens is 1. The van der Waals surface area contributed by atoms with E-state index in [9.17, 15) is 14.9 Å². The number of nitrogens with one attached hydrogen (secondary N) is 1. The molecule has 0 saturated carbocycles. The van der Waals surface area contributed by atoms with Crippen molar-refractivity contribution in [1.82, 2.24) is 4.98 Å². The summed E-state index contributed by atoms with van der Waals surface area (Å²) in [5.41, 5.74) is 3.92. The van der Waals surface area contributed by atoms with Crippen LogP contribution in [0.3, 0.4) is 0 Å². The summed E-state index contributed by atoms with van der Waals surface area (Å²) in [7, 11) is 0. The van der Waals surface area contributed by atoms with Gasteiger partial charge in [0.05, 0.1) is 11.5 Å². The number of hydrogen-bond acceptors (Lipinski definition) is 6. The highest BCUT2D eigenvalue weighted by atomic mass is 16.6. The number of carbonyl (C=O) groups is 1. The van der Waals surface area contributed by atoms with E-state index in [1.807, 2.05) is 18.2 Å². The number of amides is 1. The second-order valence-corrected chi connectivity index (χ2v) is 7.80. The molecule has 4 rings (SSSR count). The van der Waals surface area contributed by atoms with Gasteiger partial charge in [0.2, 0.25) is 5.89 Å². The van der Waals surface area contributed by atoms with Crippen LogP contribution in [0, 0.1) is 10.1 Å². The normalized spacial score (nSPS) is 11.0. The zero-order valence-corrected chi connectivity index (χ0v) is 18.5. The van der Waals surface area contributed by atoms with Crippen LogP contribution in [0.1, 0.15) is 42.6 Å². The predicted octanol–water partition coefficient (Wildman–Crippen LogP) is 6.18. The molecule has 0 aliphatic carbocycles. The van der Waals surface area contributed by atoms with Crippen LogP contribution in [0.15, 0.2) is 65.1 Å². The number of anilines is 1. The van der Waals surface area contributed by atoms with Gasteiger partial charge in [0, 0.05) is 22.9 Å². The fourth-order valence-electron chi connectivity index (χ4n) is 3.41. The molecule has 168 valence electrons. The molecular weight excluding hydrogens is 422 g/mol. The molecule has 0 unspecified atom stereocenters. The van der Waals surface area contributed by atoms with E-state index in [1.54, 1.807) is 31.2 Å². The van der Waals surface area contributed by atoms with E-state index in [2.05, 4.69) is 24.1 Å². The van der Waals surface area contributed by atoms with Crippen LogP contribution < -0.4 is 10.1 Å². The highest BCUT2D eigenvalue weighted by Gasteiger charge is 2.19. The predicted molar refractivity (Wildman–Crippen MR) is 126 cm³/mol. The van der Waals surface area contributed by atoms with Crippen LogP contribution in [-0.2, 0) is 0 Å². The van der Waals surface area contributed by atoms with Crippen LogP contribution in [0.5, 0.6) is 5.75 Å². The van der Waals surface area contributed by atoms with Crippen molar-refractivity contribution in [2.75, 3.05) is 11.9 Å². The number of hydrogen-bond donors (Lipinski definition) is 1. The van der Waals surface area contributed by atoms with Crippen molar-refractivity contribution in [3.8, 4) is 17.2 Å². The molecule has 0 fully saturated rings. The number of ether oxygens (including phenoxy) is 1. The van der Waals surface area contributed by atoms with Crippen LogP contribution in [0.4, 0.5) is 11.4 Å². The van der Waals surface area contributed by atoms with E-state index in [0.717, 1.165) is 11.1 Å². The Morgan fingerprint density at radius 2 is 1.88 bits per heavy atom. The maximum atomic E-state index is 12.6. The summed E-state index contributed by atoms with van der Waals surface area (Å²) in [5.74, 6) is 0.555. The molecule has 0 radical (unpaired) electrons. The molecule has 0 bridgehead atoms. The van der Waals surface area contributed by atoms with Crippen LogP contribution in [-0.4, -0.2) is 22.4 Å². The number of nitro benzene ring substituents is 1. The van der Waals surface area contributed by atoms with Crippen molar-refractivity contribution < 1.29 is 18.9 Å². The standard InChI is InChI=1S/C25H23N3O5/c1-4-32-23-12-8-18(14-21(23)28(30)31)24(29)26-19-9-5-16(6-10-19)25-27-20-13-17(15(2)3)7-11-22(20)33-25/h5-15H,4H2,1-3H3,(H,26,29). The SMILES string of the molecule is CCOc1ccc(C(=O)Nc2ccc(-c3nc4cc(C(C)C)ccc4o3)cc2)cc1[N+](=O)[O-]. The van der Waals surface area contributed by atoms with Gasteiger partial charge in [0.15, 0.2) is 11.3 Å². The number of carbonyl (C=O) groups excluding carboxylic acids is 1. The number of oxazole rings is 1. The van der Waals surface area contributed by atoms with Gasteiger partial charge in [-0.05, 0) is 66.9 Å². The summed E-state index contributed by atoms with van der Waals surface area (Å²) in [6.45, 7) is 6.27. The van der Waals surface area contributed by atoms with Gasteiger partial charge in [-0.25, -0.2) is 4.98 Å². The van der Waals surface area contributed by atoms with Crippen molar-refractivity contribution in [3.05, 3.63) is 81.9 Å². The molecule has 1 amide bonds. The van der Waals surface area contributed by atoms with Gasteiger partial charge in [0.1, 0.15) is 5.52 Å². The molecule has 0 atom stereocenters. The topological polar surface area (TPSA) is 108 Å². The van der Waals surface area contributed by atoms with E-state index in [1.165, 1.54) is 23.8 Å². The number of fused-ring (bicyclic) bond motifs is 1. The van der Waals surface area contributed by atoms with Crippen molar-refractivity contribution in [1.29, 1.82) is 0 Å². The highest BCUT2D eigenvalue weighted by Crippen LogP contribution is 2.30. The molecule has 0 aliphatic heterocycles. The first-order valence-corrected chi connectivity index (χ1v) is 10.6. The van der Waals surface area contributed by atoms with Gasteiger partial charge in [-0.1, -0.05) is 19.9 Å². The fraction of sp³-hybridized carbons (Fsp3) is 0.200. The molecule has 8 nitrogen and oxygen atoms in total. The first-order chi connectivity index (χ1) is 15.9. The Hall–Kier alpha value is -4.20. The van der Waals surface area contributed by atoms with Crippen molar-refractivity contribution >= 4 is 28.4 Å². The first-order valence-electron chi connectivity index (χ1n) is 10.6. The van der Waals surface area contributed by atoms with Crippen LogP contribution in [0.25, 0.3) is 22.6 Å². The van der Waals surface area contributed by atoms with E-state index in [4.69, 9.17) is 9.15 Å². The van der Waals surface area contributed by atoms with Gasteiger partial charge in [-0.3, -0.25) is 14.9 Å². The maximum Gasteiger partial charge on any atom is 0.311 e. The minimum atomic E-state index is -0.568. The van der Waals surface area contributed by atoms with E-state index in [0.29, 0.717) is 23.1 Å². The summed E-state index contributed by atoms with van der Waals surface area (Å²) in [6, 6.07) is 17.2. The lowest BCUT2D eigenvalue weighted by Gasteiger charge is -2.08. The van der Waals surface area contributed by atoms with E-state index >= 15 is 0 Å². The zero-order valence-electron chi connectivity index (χ0n) is 18.5. The molecule has 1 N–H and O–H groups in total. The molecule has 0 aliphatic rings. The maximum absolute atomic E-state index is 12.6. The van der Waals surface area contributed by atoms with Gasteiger partial charge in [-0.15, -0.1) is 0 Å². The lowest BCUT2D eigenvalue weighted by molar-refractivity contribution is -0.385. The van der Waals surface area contributed by atoms with Gasteiger partial charge in [-0.2, -0.15) is 0 Å². The second-order valence-electron chi connectivity index (χ2n) is 7.80. The summed E-state index contributed by atoms with van der Waals surface area (Å²) in [6.07, 6.45) is 0. The largest absolute Gasteiger partial charge is 0.487 e. The molecule has 33 heavy (non-hydrogen) atoms. The number of nitro groups is 1. The number of rotatable bonds is 7. The molecule has 8 heteroatoms. The average molecular weight is 445 g/mol. The van der Waals surface area contributed by atoms with Crippen molar-refractivity contribution in [2.45, 2.75) is 26.7 Å². The Balaban J connectivity index is 1.52. The van der Waals surface area contributed by atoms with Gasteiger partial charge < -0.3 is 14.5 Å². The summed E-state index contributed by atoms with van der Waals surface area (Å²) >= 11 is 0. The summed E-state index contributed by atoms with van der Waals surface area (Å²) < 4.78 is 11.1. The molecule has 1 aromatic heterocycles. The van der Waals surface area contributed by atoms with E-state index in [-0.39, 0.29) is 23.6 Å². The van der Waals surface area contributed by atoms with Crippen LogP contribution in [0.2, 0.25) is 0 Å². The lowest BCUT2D eigenvalue weighted by atomic mass is 10.0. The van der Waals surface area contributed by atoms with Gasteiger partial charge >= 0.3 is 5.69 Å². The van der Waals surface area contributed by atoms with Crippen molar-refractivity contribution in [3.63, 3.8) is 0 Å². The minimum Gasteiger partial charge on any atom is -0.487 e. The van der Waals surface area contributed by atoms with Crippen LogP contribution >= 0.6 is 0 Å². The third-order valence-corrected chi connectivity index (χ3v) is 5.19. The molecule has 0 spiro atoms. The smallest absolute Gasteiger partial charge is 0.311 e. The van der Waals surface area contributed by atoms with Crippen molar-refractivity contribution in [2.24, 2.45) is 0 Å². The summed E-state index contributed by atoms with van der Waals surface area (Å²) in [5, 5.41) is 14.0.